The first-order valence-electron chi connectivity index (χ1n) is 7.71. The van der Waals surface area contributed by atoms with Gasteiger partial charge >= 0.3 is 0 Å². The number of hydrogen-bond donors (Lipinski definition) is 1. The van der Waals surface area contributed by atoms with Gasteiger partial charge in [0, 0.05) is 0 Å². The lowest BCUT2D eigenvalue weighted by molar-refractivity contribution is 0.121. The zero-order valence-electron chi connectivity index (χ0n) is 12.9. The summed E-state index contributed by atoms with van der Waals surface area (Å²) in [7, 11) is 1.63. The minimum atomic E-state index is -0.155. The molecule has 0 aromatic heterocycles. The Morgan fingerprint density at radius 3 is 2.90 bits per heavy atom. The van der Waals surface area contributed by atoms with Crippen LogP contribution in [0.5, 0.6) is 11.5 Å². The van der Waals surface area contributed by atoms with Gasteiger partial charge in [-0.15, -0.1) is 0 Å². The highest BCUT2D eigenvalue weighted by atomic mass is 16.5. The Hall–Kier alpha value is -1.66. The van der Waals surface area contributed by atoms with E-state index < -0.39 is 0 Å². The monoisotopic (exact) mass is 288 g/mol. The van der Waals surface area contributed by atoms with Gasteiger partial charge in [-0.1, -0.05) is 31.6 Å². The topological polar surface area (TPSA) is 38.7 Å². The standard InChI is InChI=1S/C18H24O3/c1-3-14-6-4-8-17(12-14)21-18-10-9-16(20-2)13-15(18)7-5-11-19/h9-10,13-14,17,19H,3-4,6,8,11-12H2,1-2H3. The molecule has 1 aromatic carbocycles. The number of aliphatic hydroxyl groups is 1. The van der Waals surface area contributed by atoms with Crippen molar-refractivity contribution in [1.29, 1.82) is 0 Å². The third-order valence-electron chi connectivity index (χ3n) is 4.09. The Labute approximate surface area is 127 Å². The molecule has 1 fully saturated rings. The van der Waals surface area contributed by atoms with Crippen molar-refractivity contribution >= 4 is 0 Å². The van der Waals surface area contributed by atoms with Crippen LogP contribution in [0.3, 0.4) is 0 Å². The van der Waals surface area contributed by atoms with Crippen molar-refractivity contribution in [2.75, 3.05) is 13.7 Å². The first-order chi connectivity index (χ1) is 10.3. The molecule has 1 aliphatic carbocycles. The molecule has 3 nitrogen and oxygen atoms in total. The van der Waals surface area contributed by atoms with Crippen LogP contribution in [0.4, 0.5) is 0 Å². The lowest BCUT2D eigenvalue weighted by atomic mass is 9.85. The highest BCUT2D eigenvalue weighted by Crippen LogP contribution is 2.31. The van der Waals surface area contributed by atoms with Crippen LogP contribution in [0.15, 0.2) is 18.2 Å². The predicted molar refractivity (Wildman–Crippen MR) is 83.6 cm³/mol. The lowest BCUT2D eigenvalue weighted by Gasteiger charge is -2.29. The fraction of sp³-hybridized carbons (Fsp3) is 0.556. The summed E-state index contributed by atoms with van der Waals surface area (Å²) in [5.74, 6) is 7.94. The Balaban J connectivity index is 2.14. The van der Waals surface area contributed by atoms with E-state index in [-0.39, 0.29) is 12.7 Å². The van der Waals surface area contributed by atoms with E-state index in [0.717, 1.165) is 35.8 Å². The minimum Gasteiger partial charge on any atom is -0.497 e. The summed E-state index contributed by atoms with van der Waals surface area (Å²) < 4.78 is 11.4. The van der Waals surface area contributed by atoms with Crippen LogP contribution in [0.2, 0.25) is 0 Å². The first kappa shape index (κ1) is 15.7. The second-order valence-corrected chi connectivity index (χ2v) is 5.50. The molecule has 0 saturated heterocycles. The highest BCUT2D eigenvalue weighted by Gasteiger charge is 2.22. The van der Waals surface area contributed by atoms with Crippen molar-refractivity contribution in [3.05, 3.63) is 23.8 Å². The quantitative estimate of drug-likeness (QED) is 0.863. The summed E-state index contributed by atoms with van der Waals surface area (Å²) in [5, 5.41) is 8.89. The summed E-state index contributed by atoms with van der Waals surface area (Å²) in [6.45, 7) is 2.09. The van der Waals surface area contributed by atoms with E-state index >= 15 is 0 Å². The molecule has 1 saturated carbocycles. The molecule has 1 aliphatic rings. The van der Waals surface area contributed by atoms with Crippen LogP contribution in [-0.2, 0) is 0 Å². The van der Waals surface area contributed by atoms with E-state index in [1.807, 2.05) is 18.2 Å². The molecule has 0 amide bonds. The van der Waals surface area contributed by atoms with Gasteiger partial charge < -0.3 is 14.6 Å². The van der Waals surface area contributed by atoms with E-state index in [2.05, 4.69) is 18.8 Å². The average molecular weight is 288 g/mol. The van der Waals surface area contributed by atoms with Crippen LogP contribution in [0.1, 0.15) is 44.6 Å². The van der Waals surface area contributed by atoms with Crippen molar-refractivity contribution in [3.63, 3.8) is 0 Å². The van der Waals surface area contributed by atoms with Crippen molar-refractivity contribution in [1.82, 2.24) is 0 Å². The smallest absolute Gasteiger partial charge is 0.135 e. The molecule has 2 rings (SSSR count). The molecular weight excluding hydrogens is 264 g/mol. The fourth-order valence-corrected chi connectivity index (χ4v) is 2.87. The van der Waals surface area contributed by atoms with Crippen molar-refractivity contribution in [2.24, 2.45) is 5.92 Å². The van der Waals surface area contributed by atoms with Crippen LogP contribution < -0.4 is 9.47 Å². The van der Waals surface area contributed by atoms with E-state index in [4.69, 9.17) is 14.6 Å². The van der Waals surface area contributed by atoms with Crippen LogP contribution in [0.25, 0.3) is 0 Å². The fourth-order valence-electron chi connectivity index (χ4n) is 2.87. The molecule has 0 heterocycles. The van der Waals surface area contributed by atoms with Crippen molar-refractivity contribution < 1.29 is 14.6 Å². The van der Waals surface area contributed by atoms with E-state index in [9.17, 15) is 0 Å². The van der Waals surface area contributed by atoms with Crippen LogP contribution in [-0.4, -0.2) is 24.9 Å². The molecule has 2 unspecified atom stereocenters. The Bertz CT molecular complexity index is 513. The molecule has 2 atom stereocenters. The van der Waals surface area contributed by atoms with Crippen LogP contribution >= 0.6 is 0 Å². The predicted octanol–water partition coefficient (Wildman–Crippen LogP) is 3.39. The molecule has 0 aliphatic heterocycles. The van der Waals surface area contributed by atoms with Gasteiger partial charge in [0.2, 0.25) is 0 Å². The van der Waals surface area contributed by atoms with Crippen molar-refractivity contribution in [3.8, 4) is 23.3 Å². The number of methoxy groups -OCH3 is 1. The van der Waals surface area contributed by atoms with Gasteiger partial charge in [0.25, 0.3) is 0 Å². The summed E-state index contributed by atoms with van der Waals surface area (Å²) in [4.78, 5) is 0. The molecule has 0 radical (unpaired) electrons. The van der Waals surface area contributed by atoms with E-state index in [1.54, 1.807) is 7.11 Å². The van der Waals surface area contributed by atoms with Gasteiger partial charge in [-0.05, 0) is 43.4 Å². The van der Waals surface area contributed by atoms with Gasteiger partial charge in [0.15, 0.2) is 0 Å². The van der Waals surface area contributed by atoms with E-state index in [1.165, 1.54) is 19.3 Å². The largest absolute Gasteiger partial charge is 0.497 e. The van der Waals surface area contributed by atoms with Crippen LogP contribution in [0, 0.1) is 17.8 Å². The molecule has 0 bridgehead atoms. The average Bonchev–Trinajstić information content (AvgIpc) is 2.54. The molecule has 1 aromatic rings. The summed E-state index contributed by atoms with van der Waals surface area (Å²) >= 11 is 0. The summed E-state index contributed by atoms with van der Waals surface area (Å²) in [5.41, 5.74) is 0.780. The van der Waals surface area contributed by atoms with E-state index in [0.29, 0.717) is 0 Å². The molecule has 21 heavy (non-hydrogen) atoms. The summed E-state index contributed by atoms with van der Waals surface area (Å²) in [6, 6.07) is 5.66. The number of aliphatic hydroxyl groups excluding tert-OH is 1. The number of rotatable bonds is 4. The maximum absolute atomic E-state index is 8.89. The van der Waals surface area contributed by atoms with Gasteiger partial charge in [-0.3, -0.25) is 0 Å². The molecule has 0 spiro atoms. The summed E-state index contributed by atoms with van der Waals surface area (Å²) in [6.07, 6.45) is 6.27. The minimum absolute atomic E-state index is 0.155. The third kappa shape index (κ3) is 4.41. The molecule has 114 valence electrons. The maximum Gasteiger partial charge on any atom is 0.135 e. The Morgan fingerprint density at radius 2 is 2.19 bits per heavy atom. The zero-order valence-corrected chi connectivity index (χ0v) is 12.9. The zero-order chi connectivity index (χ0) is 15.1. The molecular formula is C18H24O3. The van der Waals surface area contributed by atoms with Crippen molar-refractivity contribution in [2.45, 2.75) is 45.1 Å². The van der Waals surface area contributed by atoms with Gasteiger partial charge in [-0.25, -0.2) is 0 Å². The molecule has 3 heteroatoms. The third-order valence-corrected chi connectivity index (χ3v) is 4.09. The highest BCUT2D eigenvalue weighted by molar-refractivity contribution is 5.50. The Morgan fingerprint density at radius 1 is 1.33 bits per heavy atom. The Kier molecular flexibility index (Phi) is 5.95. The second kappa shape index (κ2) is 7.95. The van der Waals surface area contributed by atoms with Gasteiger partial charge in [-0.2, -0.15) is 0 Å². The van der Waals surface area contributed by atoms with Gasteiger partial charge in [0.1, 0.15) is 18.1 Å². The maximum atomic E-state index is 8.89. The van der Waals surface area contributed by atoms with Gasteiger partial charge in [0.05, 0.1) is 18.8 Å². The number of hydrogen-bond acceptors (Lipinski definition) is 3. The first-order valence-corrected chi connectivity index (χ1v) is 7.71. The number of ether oxygens (including phenoxy) is 2. The number of benzene rings is 1. The molecule has 1 N–H and O–H groups in total. The lowest BCUT2D eigenvalue weighted by Crippen LogP contribution is -2.25. The SMILES string of the molecule is CCC1CCCC(Oc2ccc(OC)cc2C#CCO)C1. The second-order valence-electron chi connectivity index (χ2n) is 5.50. The normalized spacial score (nSPS) is 21.3.